The molecule has 160 valence electrons. The third-order valence-corrected chi connectivity index (χ3v) is 7.01. The van der Waals surface area contributed by atoms with Crippen molar-refractivity contribution in [3.8, 4) is 0 Å². The van der Waals surface area contributed by atoms with E-state index in [2.05, 4.69) is 43.2 Å². The van der Waals surface area contributed by atoms with E-state index in [0.29, 0.717) is 19.0 Å². The van der Waals surface area contributed by atoms with Gasteiger partial charge in [0.25, 0.3) is 5.91 Å². The number of carbonyl (C=O) groups is 1. The molecule has 0 aliphatic heterocycles. The van der Waals surface area contributed by atoms with Crippen LogP contribution in [0, 0.1) is 13.8 Å². The molecule has 0 saturated heterocycles. The Labute approximate surface area is 190 Å². The quantitative estimate of drug-likeness (QED) is 0.323. The number of amides is 1. The summed E-state index contributed by atoms with van der Waals surface area (Å²) in [4.78, 5) is 21.0. The van der Waals surface area contributed by atoms with Gasteiger partial charge >= 0.3 is 0 Å². The molecule has 5 nitrogen and oxygen atoms in total. The fraction of sp³-hybridized carbons (Fsp3) is 0.292. The Morgan fingerprint density at radius 3 is 2.74 bits per heavy atom. The number of hydrogen-bond donors (Lipinski definition) is 0. The van der Waals surface area contributed by atoms with Gasteiger partial charge in [0.2, 0.25) is 0 Å². The van der Waals surface area contributed by atoms with Crippen LogP contribution >= 0.6 is 22.7 Å². The maximum absolute atomic E-state index is 13.2. The SMILES string of the molecule is Cc1cc(C)n(CCN(C(=O)/C=C/c2cccs2)c2nc3c(C(C)C)cccc3s2)n1. The normalized spacial score (nSPS) is 11.8. The summed E-state index contributed by atoms with van der Waals surface area (Å²) >= 11 is 3.18. The van der Waals surface area contributed by atoms with Crippen LogP contribution in [-0.2, 0) is 11.3 Å². The molecular weight excluding hydrogens is 424 g/mol. The molecule has 0 N–H and O–H groups in total. The van der Waals surface area contributed by atoms with E-state index in [9.17, 15) is 4.79 Å². The zero-order chi connectivity index (χ0) is 22.0. The lowest BCUT2D eigenvalue weighted by Gasteiger charge is -2.18. The minimum absolute atomic E-state index is 0.0694. The molecular formula is C24H26N4OS2. The highest BCUT2D eigenvalue weighted by molar-refractivity contribution is 7.22. The van der Waals surface area contributed by atoms with Gasteiger partial charge in [-0.25, -0.2) is 4.98 Å². The zero-order valence-electron chi connectivity index (χ0n) is 18.2. The lowest BCUT2D eigenvalue weighted by Crippen LogP contribution is -2.33. The van der Waals surface area contributed by atoms with Crippen molar-refractivity contribution in [3.05, 3.63) is 69.7 Å². The van der Waals surface area contributed by atoms with Gasteiger partial charge in [-0.2, -0.15) is 5.10 Å². The molecule has 0 fully saturated rings. The number of benzene rings is 1. The molecule has 3 heterocycles. The van der Waals surface area contributed by atoms with Crippen molar-refractivity contribution >= 4 is 50.0 Å². The summed E-state index contributed by atoms with van der Waals surface area (Å²) in [6, 6.07) is 12.3. The molecule has 4 aromatic rings. The third-order valence-electron chi connectivity index (χ3n) is 5.13. The molecule has 4 rings (SSSR count). The Bertz CT molecular complexity index is 1220. The number of fused-ring (bicyclic) bond motifs is 1. The first-order valence-corrected chi connectivity index (χ1v) is 12.1. The summed E-state index contributed by atoms with van der Waals surface area (Å²) < 4.78 is 3.05. The Kier molecular flexibility index (Phi) is 6.34. The van der Waals surface area contributed by atoms with E-state index < -0.39 is 0 Å². The first-order chi connectivity index (χ1) is 14.9. The van der Waals surface area contributed by atoms with Gasteiger partial charge in [0.1, 0.15) is 0 Å². The molecule has 0 aliphatic carbocycles. The van der Waals surface area contributed by atoms with Gasteiger partial charge in [-0.05, 0) is 55.0 Å². The number of thiophene rings is 1. The molecule has 0 atom stereocenters. The van der Waals surface area contributed by atoms with E-state index in [1.54, 1.807) is 33.6 Å². The Hall–Kier alpha value is -2.77. The van der Waals surface area contributed by atoms with Crippen LogP contribution in [0.2, 0.25) is 0 Å². The Balaban J connectivity index is 1.67. The number of nitrogens with zero attached hydrogens (tertiary/aromatic N) is 4. The van der Waals surface area contributed by atoms with Crippen LogP contribution in [0.5, 0.6) is 0 Å². The molecule has 1 amide bonds. The molecule has 7 heteroatoms. The topological polar surface area (TPSA) is 51.0 Å². The zero-order valence-corrected chi connectivity index (χ0v) is 19.8. The number of para-hydroxylation sites is 1. The molecule has 31 heavy (non-hydrogen) atoms. The molecule has 0 saturated carbocycles. The molecule has 0 spiro atoms. The molecule has 3 aromatic heterocycles. The predicted molar refractivity (Wildman–Crippen MR) is 131 cm³/mol. The van der Waals surface area contributed by atoms with E-state index >= 15 is 0 Å². The van der Waals surface area contributed by atoms with E-state index in [4.69, 9.17) is 4.98 Å². The van der Waals surface area contributed by atoms with Crippen LogP contribution in [0.3, 0.4) is 0 Å². The highest BCUT2D eigenvalue weighted by Crippen LogP contribution is 2.33. The summed E-state index contributed by atoms with van der Waals surface area (Å²) in [5.74, 6) is 0.302. The second kappa shape index (κ2) is 9.16. The number of aryl methyl sites for hydroxylation is 2. The number of thiazole rings is 1. The van der Waals surface area contributed by atoms with E-state index in [0.717, 1.165) is 31.6 Å². The van der Waals surface area contributed by atoms with Crippen LogP contribution in [0.15, 0.2) is 47.9 Å². The number of aromatic nitrogens is 3. The van der Waals surface area contributed by atoms with Crippen molar-refractivity contribution in [3.63, 3.8) is 0 Å². The van der Waals surface area contributed by atoms with Gasteiger partial charge in [0, 0.05) is 23.2 Å². The van der Waals surface area contributed by atoms with E-state index in [1.165, 1.54) is 5.56 Å². The lowest BCUT2D eigenvalue weighted by molar-refractivity contribution is -0.114. The number of rotatable bonds is 7. The van der Waals surface area contributed by atoms with Crippen molar-refractivity contribution < 1.29 is 4.79 Å². The highest BCUT2D eigenvalue weighted by atomic mass is 32.1. The monoisotopic (exact) mass is 450 g/mol. The van der Waals surface area contributed by atoms with Gasteiger partial charge < -0.3 is 0 Å². The van der Waals surface area contributed by atoms with Gasteiger partial charge in [-0.3, -0.25) is 14.4 Å². The molecule has 0 radical (unpaired) electrons. The number of carbonyl (C=O) groups excluding carboxylic acids is 1. The average molecular weight is 451 g/mol. The van der Waals surface area contributed by atoms with Crippen LogP contribution in [0.1, 0.15) is 41.6 Å². The second-order valence-electron chi connectivity index (χ2n) is 7.83. The number of hydrogen-bond acceptors (Lipinski definition) is 5. The first-order valence-electron chi connectivity index (χ1n) is 10.4. The van der Waals surface area contributed by atoms with Crippen molar-refractivity contribution in [1.82, 2.24) is 14.8 Å². The highest BCUT2D eigenvalue weighted by Gasteiger charge is 2.20. The lowest BCUT2D eigenvalue weighted by atomic mass is 10.0. The minimum atomic E-state index is -0.0694. The Morgan fingerprint density at radius 1 is 1.23 bits per heavy atom. The standard InChI is InChI=1S/C24H26N4OS2/c1-16(2)20-8-5-9-21-23(20)25-24(31-21)27(12-13-28-18(4)15-17(3)26-28)22(29)11-10-19-7-6-14-30-19/h5-11,14-16H,12-13H2,1-4H3/b11-10+. The fourth-order valence-corrected chi connectivity index (χ4v) is 5.21. The fourth-order valence-electron chi connectivity index (χ4n) is 3.57. The number of anilines is 1. The van der Waals surface area contributed by atoms with Crippen molar-refractivity contribution in [1.29, 1.82) is 0 Å². The molecule has 0 unspecified atom stereocenters. The van der Waals surface area contributed by atoms with Crippen LogP contribution in [-0.4, -0.2) is 27.2 Å². The summed E-state index contributed by atoms with van der Waals surface area (Å²) in [7, 11) is 0. The van der Waals surface area contributed by atoms with Crippen molar-refractivity contribution in [2.24, 2.45) is 0 Å². The molecule has 0 bridgehead atoms. The van der Waals surface area contributed by atoms with Crippen LogP contribution in [0.25, 0.3) is 16.3 Å². The van der Waals surface area contributed by atoms with Gasteiger partial charge in [-0.15, -0.1) is 11.3 Å². The van der Waals surface area contributed by atoms with Gasteiger partial charge in [-0.1, -0.05) is 43.4 Å². The van der Waals surface area contributed by atoms with Gasteiger partial charge in [0.15, 0.2) is 5.13 Å². The summed E-state index contributed by atoms with van der Waals surface area (Å²) in [5.41, 5.74) is 4.27. The summed E-state index contributed by atoms with van der Waals surface area (Å²) in [5, 5.41) is 7.28. The maximum atomic E-state index is 13.2. The minimum Gasteiger partial charge on any atom is -0.283 e. The van der Waals surface area contributed by atoms with Crippen molar-refractivity contribution in [2.75, 3.05) is 11.4 Å². The first kappa shape index (κ1) is 21.5. The maximum Gasteiger partial charge on any atom is 0.252 e. The van der Waals surface area contributed by atoms with E-state index in [-0.39, 0.29) is 5.91 Å². The largest absolute Gasteiger partial charge is 0.283 e. The Morgan fingerprint density at radius 2 is 2.06 bits per heavy atom. The van der Waals surface area contributed by atoms with Crippen molar-refractivity contribution in [2.45, 2.75) is 40.2 Å². The molecule has 1 aromatic carbocycles. The third kappa shape index (κ3) is 4.78. The second-order valence-corrected chi connectivity index (χ2v) is 9.82. The average Bonchev–Trinajstić information content (AvgIpc) is 3.46. The smallest absolute Gasteiger partial charge is 0.252 e. The molecule has 0 aliphatic rings. The van der Waals surface area contributed by atoms with Crippen LogP contribution in [0.4, 0.5) is 5.13 Å². The summed E-state index contributed by atoms with van der Waals surface area (Å²) in [6.07, 6.45) is 3.51. The van der Waals surface area contributed by atoms with E-state index in [1.807, 2.05) is 42.1 Å². The van der Waals surface area contributed by atoms with Crippen LogP contribution < -0.4 is 4.90 Å². The summed E-state index contributed by atoms with van der Waals surface area (Å²) in [6.45, 7) is 9.48. The predicted octanol–water partition coefficient (Wildman–Crippen LogP) is 6.04. The van der Waals surface area contributed by atoms with Gasteiger partial charge in [0.05, 0.1) is 22.5 Å².